The number of methoxy groups -OCH3 is 1. The Bertz CT molecular complexity index is 1020. The fourth-order valence-corrected chi connectivity index (χ4v) is 3.19. The average molecular weight is 405 g/mol. The summed E-state index contributed by atoms with van der Waals surface area (Å²) in [5, 5.41) is 17.3. The van der Waals surface area contributed by atoms with Gasteiger partial charge in [-0.1, -0.05) is 29.3 Å². The number of aromatic nitrogens is 2. The maximum atomic E-state index is 8.60. The van der Waals surface area contributed by atoms with Crippen molar-refractivity contribution in [2.75, 3.05) is 16.9 Å². The summed E-state index contributed by atoms with van der Waals surface area (Å²) in [7, 11) is 1.58. The second-order valence-corrected chi connectivity index (χ2v) is 6.56. The fourth-order valence-electron chi connectivity index (χ4n) is 2.90. The number of anilines is 4. The molecule has 10 heteroatoms. The van der Waals surface area contributed by atoms with Crippen molar-refractivity contribution >= 4 is 52.0 Å². The molecule has 1 aliphatic rings. The Morgan fingerprint density at radius 3 is 2.59 bits per heavy atom. The predicted molar refractivity (Wildman–Crippen MR) is 104 cm³/mol. The molecule has 1 aliphatic heterocycles. The summed E-state index contributed by atoms with van der Waals surface area (Å²) in [5.41, 5.74) is 7.63. The molecule has 0 fully saturated rings. The number of nitrogens with zero attached hydrogens (tertiary/aromatic N) is 4. The number of hydrogen-bond donors (Lipinski definition) is 2. The summed E-state index contributed by atoms with van der Waals surface area (Å²) in [5.74, 6) is 1.41. The number of amidine groups is 1. The van der Waals surface area contributed by atoms with E-state index in [0.29, 0.717) is 38.8 Å². The number of ether oxygens (including phenoxy) is 1. The largest absolute Gasteiger partial charge is 0.497 e. The van der Waals surface area contributed by atoms with E-state index in [-0.39, 0.29) is 5.84 Å². The topological polar surface area (TPSA) is 104 Å². The van der Waals surface area contributed by atoms with Crippen LogP contribution in [0, 0.1) is 5.41 Å². The van der Waals surface area contributed by atoms with E-state index in [1.165, 1.54) is 4.90 Å². The Hall–Kier alpha value is -2.81. The van der Waals surface area contributed by atoms with Crippen molar-refractivity contribution in [2.45, 2.75) is 6.17 Å². The third-order valence-corrected chi connectivity index (χ3v) is 4.93. The van der Waals surface area contributed by atoms with Gasteiger partial charge in [-0.25, -0.2) is 4.63 Å². The third kappa shape index (κ3) is 2.87. The van der Waals surface area contributed by atoms with E-state index < -0.39 is 6.17 Å². The molecule has 0 spiro atoms. The van der Waals surface area contributed by atoms with Gasteiger partial charge in [0.1, 0.15) is 17.8 Å². The summed E-state index contributed by atoms with van der Waals surface area (Å²) in [4.78, 5) is 3.18. The molecule has 27 heavy (non-hydrogen) atoms. The zero-order chi connectivity index (χ0) is 19.1. The van der Waals surface area contributed by atoms with Crippen LogP contribution in [0.4, 0.5) is 23.0 Å². The van der Waals surface area contributed by atoms with Crippen LogP contribution in [0.5, 0.6) is 5.75 Å². The highest BCUT2D eigenvalue weighted by molar-refractivity contribution is 6.42. The minimum absolute atomic E-state index is 0.0689. The zero-order valence-corrected chi connectivity index (χ0v) is 15.6. The van der Waals surface area contributed by atoms with Crippen molar-refractivity contribution in [3.8, 4) is 5.75 Å². The van der Waals surface area contributed by atoms with E-state index in [1.807, 2.05) is 18.2 Å². The quantitative estimate of drug-likeness (QED) is 0.680. The first-order valence-corrected chi connectivity index (χ1v) is 8.62. The highest BCUT2D eigenvalue weighted by Crippen LogP contribution is 2.42. The molecule has 4 rings (SSSR count). The van der Waals surface area contributed by atoms with Gasteiger partial charge in [0, 0.05) is 11.8 Å². The van der Waals surface area contributed by atoms with Crippen LogP contribution in [0.2, 0.25) is 10.0 Å². The van der Waals surface area contributed by atoms with Gasteiger partial charge >= 0.3 is 0 Å². The Morgan fingerprint density at radius 2 is 1.85 bits per heavy atom. The SMILES string of the molecule is COc1cccc(N2c3nonc3N(c3ccc(Cl)c(Cl)c3)C(=N)C2N)c1. The van der Waals surface area contributed by atoms with Crippen LogP contribution >= 0.6 is 23.2 Å². The lowest BCUT2D eigenvalue weighted by molar-refractivity contribution is 0.309. The fraction of sp³-hybridized carbons (Fsp3) is 0.118. The first kappa shape index (κ1) is 17.6. The summed E-state index contributed by atoms with van der Waals surface area (Å²) in [6, 6.07) is 12.3. The molecule has 3 aromatic rings. The second-order valence-electron chi connectivity index (χ2n) is 5.75. The number of nitrogens with two attached hydrogens (primary N) is 1. The van der Waals surface area contributed by atoms with Crippen molar-refractivity contribution in [1.82, 2.24) is 10.3 Å². The van der Waals surface area contributed by atoms with E-state index in [9.17, 15) is 0 Å². The average Bonchev–Trinajstić information content (AvgIpc) is 3.14. The molecular weight excluding hydrogens is 391 g/mol. The van der Waals surface area contributed by atoms with Crippen molar-refractivity contribution in [1.29, 1.82) is 5.41 Å². The second kappa shape index (κ2) is 6.73. The molecule has 0 amide bonds. The summed E-state index contributed by atoms with van der Waals surface area (Å²) >= 11 is 12.1. The number of hydrogen-bond acceptors (Lipinski definition) is 7. The molecular formula is C17H14Cl2N6O2. The van der Waals surface area contributed by atoms with Gasteiger partial charge < -0.3 is 10.5 Å². The summed E-state index contributed by atoms with van der Waals surface area (Å²) in [6.07, 6.45) is -0.842. The van der Waals surface area contributed by atoms with Gasteiger partial charge in [0.2, 0.25) is 11.6 Å². The molecule has 8 nitrogen and oxygen atoms in total. The first-order chi connectivity index (χ1) is 13.0. The van der Waals surface area contributed by atoms with Gasteiger partial charge in [-0.15, -0.1) is 0 Å². The molecule has 0 saturated heterocycles. The number of benzene rings is 2. The van der Waals surface area contributed by atoms with E-state index in [1.54, 1.807) is 36.3 Å². The van der Waals surface area contributed by atoms with E-state index in [0.717, 1.165) is 0 Å². The standard InChI is InChI=1S/C17H14Cl2N6O2/c1-26-11-4-2-3-9(7-11)24-14(20)15(21)25(17-16(24)22-27-23-17)10-5-6-12(18)13(19)8-10/h2-8,14,21H,20H2,1H3. The van der Waals surface area contributed by atoms with Gasteiger partial charge in [0.25, 0.3) is 0 Å². The van der Waals surface area contributed by atoms with Crippen LogP contribution in [-0.2, 0) is 0 Å². The Kier molecular flexibility index (Phi) is 4.39. The minimum atomic E-state index is -0.842. The number of rotatable bonds is 3. The van der Waals surface area contributed by atoms with Gasteiger partial charge in [0.15, 0.2) is 0 Å². The van der Waals surface area contributed by atoms with Crippen LogP contribution in [0.1, 0.15) is 0 Å². The number of nitrogens with one attached hydrogen (secondary N) is 1. The van der Waals surface area contributed by atoms with Gasteiger partial charge in [0.05, 0.1) is 22.8 Å². The molecule has 2 aromatic carbocycles. The summed E-state index contributed by atoms with van der Waals surface area (Å²) < 4.78 is 10.2. The molecule has 0 aliphatic carbocycles. The molecule has 1 unspecified atom stereocenters. The Morgan fingerprint density at radius 1 is 1.07 bits per heavy atom. The summed E-state index contributed by atoms with van der Waals surface area (Å²) in [6.45, 7) is 0. The molecule has 138 valence electrons. The maximum Gasteiger partial charge on any atom is 0.228 e. The van der Waals surface area contributed by atoms with E-state index >= 15 is 0 Å². The van der Waals surface area contributed by atoms with E-state index in [4.69, 9.17) is 43.7 Å². The van der Waals surface area contributed by atoms with Gasteiger partial charge in [-0.2, -0.15) is 0 Å². The van der Waals surface area contributed by atoms with Crippen molar-refractivity contribution in [2.24, 2.45) is 5.73 Å². The lowest BCUT2D eigenvalue weighted by Gasteiger charge is -2.38. The number of halogens is 2. The highest BCUT2D eigenvalue weighted by atomic mass is 35.5. The molecule has 3 N–H and O–H groups in total. The Balaban J connectivity index is 1.84. The van der Waals surface area contributed by atoms with Gasteiger partial charge in [-0.3, -0.25) is 15.2 Å². The van der Waals surface area contributed by atoms with Crippen LogP contribution in [0.25, 0.3) is 0 Å². The highest BCUT2D eigenvalue weighted by Gasteiger charge is 2.39. The zero-order valence-electron chi connectivity index (χ0n) is 14.1. The van der Waals surface area contributed by atoms with Crippen molar-refractivity contribution in [3.05, 3.63) is 52.5 Å². The van der Waals surface area contributed by atoms with Gasteiger partial charge in [-0.05, 0) is 40.6 Å². The molecule has 2 heterocycles. The maximum absolute atomic E-state index is 8.60. The molecule has 0 saturated carbocycles. The Labute approximate surface area is 164 Å². The molecule has 0 bridgehead atoms. The monoisotopic (exact) mass is 404 g/mol. The minimum Gasteiger partial charge on any atom is -0.497 e. The van der Waals surface area contributed by atoms with Crippen molar-refractivity contribution < 1.29 is 9.37 Å². The molecule has 1 aromatic heterocycles. The first-order valence-electron chi connectivity index (χ1n) is 7.86. The lowest BCUT2D eigenvalue weighted by Crippen LogP contribution is -2.54. The smallest absolute Gasteiger partial charge is 0.228 e. The normalized spacial score (nSPS) is 16.4. The third-order valence-electron chi connectivity index (χ3n) is 4.19. The number of fused-ring (bicyclic) bond motifs is 1. The van der Waals surface area contributed by atoms with Crippen molar-refractivity contribution in [3.63, 3.8) is 0 Å². The predicted octanol–water partition coefficient (Wildman–Crippen LogP) is 3.94. The molecule has 1 atom stereocenters. The lowest BCUT2D eigenvalue weighted by atomic mass is 10.1. The van der Waals surface area contributed by atoms with Crippen LogP contribution in [-0.4, -0.2) is 29.4 Å². The van der Waals surface area contributed by atoms with E-state index in [2.05, 4.69) is 10.3 Å². The van der Waals surface area contributed by atoms with Crippen LogP contribution in [0.3, 0.4) is 0 Å². The molecule has 0 radical (unpaired) electrons. The van der Waals surface area contributed by atoms with Crippen LogP contribution < -0.4 is 20.3 Å². The van der Waals surface area contributed by atoms with Crippen LogP contribution in [0.15, 0.2) is 47.1 Å².